The van der Waals surface area contributed by atoms with E-state index in [0.717, 1.165) is 0 Å². The van der Waals surface area contributed by atoms with Crippen molar-refractivity contribution in [1.29, 1.82) is 0 Å². The minimum atomic E-state index is -4.43. The van der Waals surface area contributed by atoms with E-state index >= 15 is 0 Å². The highest BCUT2D eigenvalue weighted by atomic mass is 32.2. The van der Waals surface area contributed by atoms with E-state index in [-0.39, 0.29) is 4.90 Å². The molecule has 0 bridgehead atoms. The molecule has 0 saturated carbocycles. The molecule has 2 nitrogen and oxygen atoms in total. The van der Waals surface area contributed by atoms with Gasteiger partial charge in [-0.3, -0.25) is 4.21 Å². The van der Waals surface area contributed by atoms with Crippen LogP contribution in [0, 0.1) is 6.92 Å². The van der Waals surface area contributed by atoms with Gasteiger partial charge in [-0.15, -0.1) is 0 Å². The summed E-state index contributed by atoms with van der Waals surface area (Å²) in [6.07, 6.45) is -4.43. The molecule has 1 rings (SSSR count). The summed E-state index contributed by atoms with van der Waals surface area (Å²) in [7, 11) is -2.08. The van der Waals surface area contributed by atoms with Crippen LogP contribution in [-0.2, 0) is 10.8 Å². The molecule has 0 aliphatic heterocycles. The molecule has 0 saturated heterocycles. The van der Waals surface area contributed by atoms with Crippen LogP contribution in [0.15, 0.2) is 23.1 Å². The average molecular weight is 237 g/mol. The van der Waals surface area contributed by atoms with Crippen LogP contribution in [0.2, 0.25) is 0 Å². The maximum atomic E-state index is 12.0. The fourth-order valence-corrected chi connectivity index (χ4v) is 2.24. The first kappa shape index (κ1) is 12.0. The van der Waals surface area contributed by atoms with Crippen LogP contribution in [-0.4, -0.2) is 16.1 Å². The van der Waals surface area contributed by atoms with E-state index in [1.54, 1.807) is 19.1 Å². The normalized spacial score (nSPS) is 13.9. The molecule has 0 heterocycles. The SMILES string of the molecule is Cc1ccc(N)cc1S(=O)CC(F)(F)F. The van der Waals surface area contributed by atoms with Crippen LogP contribution in [0.3, 0.4) is 0 Å². The van der Waals surface area contributed by atoms with Crippen molar-refractivity contribution in [3.8, 4) is 0 Å². The van der Waals surface area contributed by atoms with Crippen molar-refractivity contribution >= 4 is 16.5 Å². The highest BCUT2D eigenvalue weighted by molar-refractivity contribution is 7.85. The van der Waals surface area contributed by atoms with Gasteiger partial charge in [-0.05, 0) is 24.6 Å². The third-order valence-corrected chi connectivity index (χ3v) is 3.27. The minimum Gasteiger partial charge on any atom is -0.399 e. The van der Waals surface area contributed by atoms with Gasteiger partial charge in [0, 0.05) is 10.6 Å². The molecule has 0 fully saturated rings. The zero-order valence-corrected chi connectivity index (χ0v) is 8.78. The molecule has 2 N–H and O–H groups in total. The van der Waals surface area contributed by atoms with E-state index in [1.807, 2.05) is 0 Å². The Bertz CT molecular complexity index is 389. The summed E-state index contributed by atoms with van der Waals surface area (Å²) in [5, 5.41) is 0. The summed E-state index contributed by atoms with van der Waals surface area (Å²) in [6, 6.07) is 4.43. The van der Waals surface area contributed by atoms with Crippen molar-refractivity contribution in [2.75, 3.05) is 11.5 Å². The maximum absolute atomic E-state index is 12.0. The van der Waals surface area contributed by atoms with Gasteiger partial charge in [0.2, 0.25) is 0 Å². The Labute approximate surface area is 87.7 Å². The highest BCUT2D eigenvalue weighted by Crippen LogP contribution is 2.23. The summed E-state index contributed by atoms with van der Waals surface area (Å²) < 4.78 is 47.4. The van der Waals surface area contributed by atoms with Gasteiger partial charge in [0.25, 0.3) is 0 Å². The number of benzene rings is 1. The van der Waals surface area contributed by atoms with Crippen molar-refractivity contribution in [2.24, 2.45) is 0 Å². The number of hydrogen-bond acceptors (Lipinski definition) is 2. The van der Waals surface area contributed by atoms with E-state index in [4.69, 9.17) is 5.73 Å². The number of nitrogen functional groups attached to an aromatic ring is 1. The summed E-state index contributed by atoms with van der Waals surface area (Å²) in [5.41, 5.74) is 6.27. The maximum Gasteiger partial charge on any atom is 0.400 e. The van der Waals surface area contributed by atoms with Crippen molar-refractivity contribution in [3.63, 3.8) is 0 Å². The van der Waals surface area contributed by atoms with E-state index in [2.05, 4.69) is 0 Å². The van der Waals surface area contributed by atoms with Gasteiger partial charge in [0.05, 0.1) is 10.8 Å². The van der Waals surface area contributed by atoms with Crippen molar-refractivity contribution in [3.05, 3.63) is 23.8 Å². The Morgan fingerprint density at radius 3 is 2.53 bits per heavy atom. The van der Waals surface area contributed by atoms with Crippen LogP contribution in [0.4, 0.5) is 18.9 Å². The Kier molecular flexibility index (Phi) is 3.38. The molecule has 1 aromatic carbocycles. The number of halogens is 3. The van der Waals surface area contributed by atoms with Crippen LogP contribution in [0.1, 0.15) is 5.56 Å². The van der Waals surface area contributed by atoms with E-state index in [0.29, 0.717) is 11.3 Å². The molecule has 0 aliphatic rings. The summed E-state index contributed by atoms with van der Waals surface area (Å²) in [4.78, 5) is 0.146. The molecule has 1 atom stereocenters. The zero-order valence-electron chi connectivity index (χ0n) is 7.97. The fraction of sp³-hybridized carbons (Fsp3) is 0.333. The highest BCUT2D eigenvalue weighted by Gasteiger charge is 2.31. The Hall–Kier alpha value is -1.04. The third-order valence-electron chi connectivity index (χ3n) is 1.75. The van der Waals surface area contributed by atoms with Gasteiger partial charge < -0.3 is 5.73 Å². The molecule has 1 aromatic rings. The monoisotopic (exact) mass is 237 g/mol. The minimum absolute atomic E-state index is 0.146. The predicted octanol–water partition coefficient (Wildman–Crippen LogP) is 2.25. The van der Waals surface area contributed by atoms with Gasteiger partial charge in [0.15, 0.2) is 0 Å². The third kappa shape index (κ3) is 3.54. The number of hydrogen-bond donors (Lipinski definition) is 1. The lowest BCUT2D eigenvalue weighted by Crippen LogP contribution is -2.19. The molecular formula is C9H10F3NOS. The topological polar surface area (TPSA) is 43.1 Å². The van der Waals surface area contributed by atoms with Gasteiger partial charge in [-0.1, -0.05) is 6.07 Å². The molecular weight excluding hydrogens is 227 g/mol. The van der Waals surface area contributed by atoms with Crippen LogP contribution in [0.5, 0.6) is 0 Å². The van der Waals surface area contributed by atoms with Crippen LogP contribution in [0.25, 0.3) is 0 Å². The first-order valence-electron chi connectivity index (χ1n) is 4.11. The number of aryl methyl sites for hydroxylation is 1. The number of nitrogens with two attached hydrogens (primary N) is 1. The van der Waals surface area contributed by atoms with Crippen molar-refractivity contribution in [1.82, 2.24) is 0 Å². The molecule has 0 spiro atoms. The fourth-order valence-electron chi connectivity index (χ4n) is 1.09. The molecule has 15 heavy (non-hydrogen) atoms. The number of anilines is 1. The van der Waals surface area contributed by atoms with Crippen LogP contribution >= 0.6 is 0 Å². The molecule has 84 valence electrons. The molecule has 0 amide bonds. The standard InChI is InChI=1S/C9H10F3NOS/c1-6-2-3-7(13)4-8(6)15(14)5-9(10,11)12/h2-4H,5,13H2,1H3. The lowest BCUT2D eigenvalue weighted by Gasteiger charge is -2.09. The smallest absolute Gasteiger partial charge is 0.399 e. The van der Waals surface area contributed by atoms with Gasteiger partial charge >= 0.3 is 6.18 Å². The largest absolute Gasteiger partial charge is 0.400 e. The summed E-state index contributed by atoms with van der Waals surface area (Å²) >= 11 is 0. The van der Waals surface area contributed by atoms with Gasteiger partial charge in [0.1, 0.15) is 5.75 Å². The van der Waals surface area contributed by atoms with Gasteiger partial charge in [-0.2, -0.15) is 13.2 Å². The zero-order chi connectivity index (χ0) is 11.6. The molecule has 6 heteroatoms. The van der Waals surface area contributed by atoms with E-state index in [1.165, 1.54) is 6.07 Å². The first-order chi connectivity index (χ1) is 6.79. The Balaban J connectivity index is 2.96. The Morgan fingerprint density at radius 2 is 2.00 bits per heavy atom. The number of alkyl halides is 3. The quantitative estimate of drug-likeness (QED) is 0.802. The lowest BCUT2D eigenvalue weighted by molar-refractivity contribution is -0.105. The summed E-state index contributed by atoms with van der Waals surface area (Å²) in [6.45, 7) is 1.60. The van der Waals surface area contributed by atoms with Crippen molar-refractivity contribution < 1.29 is 17.4 Å². The van der Waals surface area contributed by atoms with Crippen LogP contribution < -0.4 is 5.73 Å². The van der Waals surface area contributed by atoms with E-state index < -0.39 is 22.7 Å². The molecule has 0 aliphatic carbocycles. The van der Waals surface area contributed by atoms with Crippen molar-refractivity contribution in [2.45, 2.75) is 18.0 Å². The second-order valence-corrected chi connectivity index (χ2v) is 4.55. The van der Waals surface area contributed by atoms with Gasteiger partial charge in [-0.25, -0.2) is 0 Å². The average Bonchev–Trinajstić information content (AvgIpc) is 2.06. The molecule has 0 aromatic heterocycles. The molecule has 1 unspecified atom stereocenters. The second-order valence-electron chi connectivity index (χ2n) is 3.13. The second kappa shape index (κ2) is 4.22. The summed E-state index contributed by atoms with van der Waals surface area (Å²) in [5.74, 6) is -1.34. The number of rotatable bonds is 2. The Morgan fingerprint density at radius 1 is 1.40 bits per heavy atom. The van der Waals surface area contributed by atoms with E-state index in [9.17, 15) is 17.4 Å². The molecule has 0 radical (unpaired) electrons. The first-order valence-corrected chi connectivity index (χ1v) is 5.43. The lowest BCUT2D eigenvalue weighted by atomic mass is 10.2. The predicted molar refractivity (Wildman–Crippen MR) is 52.9 cm³/mol.